The molecule has 1 aliphatic carbocycles. The Morgan fingerprint density at radius 3 is 2.88 bits per heavy atom. The fourth-order valence-electron chi connectivity index (χ4n) is 3.19. The minimum absolute atomic E-state index is 0.184. The molecule has 2 N–H and O–H groups in total. The molecule has 2 aliphatic rings. The minimum atomic E-state index is 0.184. The Labute approximate surface area is 148 Å². The minimum Gasteiger partial charge on any atom is -0.383 e. The Morgan fingerprint density at radius 2 is 2.25 bits per heavy atom. The lowest BCUT2D eigenvalue weighted by Gasteiger charge is -2.30. The van der Waals surface area contributed by atoms with Crippen LogP contribution < -0.4 is 5.73 Å². The molecule has 4 rings (SSSR count). The van der Waals surface area contributed by atoms with Crippen molar-refractivity contribution in [3.63, 3.8) is 0 Å². The molecule has 0 atom stereocenters. The maximum atomic E-state index is 12.4. The number of nitriles is 1. The number of nitrogens with zero attached hydrogens (tertiary/aromatic N) is 3. The first-order chi connectivity index (χ1) is 11.6. The van der Waals surface area contributed by atoms with Gasteiger partial charge < -0.3 is 10.6 Å². The number of pyridine rings is 1. The van der Waals surface area contributed by atoms with Gasteiger partial charge in [-0.2, -0.15) is 5.26 Å². The summed E-state index contributed by atoms with van der Waals surface area (Å²) in [5, 5.41) is 9.56. The third-order valence-electron chi connectivity index (χ3n) is 4.55. The first-order valence-electron chi connectivity index (χ1n) is 7.84. The molecule has 3 heterocycles. The van der Waals surface area contributed by atoms with Crippen molar-refractivity contribution in [1.29, 1.82) is 5.26 Å². The predicted octanol–water partition coefficient (Wildman–Crippen LogP) is 3.21. The van der Waals surface area contributed by atoms with Crippen molar-refractivity contribution in [3.05, 3.63) is 33.3 Å². The molecule has 1 aliphatic heterocycles. The standard InChI is InChI=1S/C17H15ClN4OS/c18-14-4-3-13(24-14)15-10(7-19)16(20)21-12-5-6-22(8-11(12)15)17(23)9-1-2-9/h3-4,9H,1-2,5-6,8H2,(H2,20,21). The highest BCUT2D eigenvalue weighted by Gasteiger charge is 2.36. The molecule has 0 aromatic carbocycles. The van der Waals surface area contributed by atoms with Crippen molar-refractivity contribution in [3.8, 4) is 16.5 Å². The molecular weight excluding hydrogens is 344 g/mol. The molecular formula is C17H15ClN4OS. The summed E-state index contributed by atoms with van der Waals surface area (Å²) in [4.78, 5) is 19.6. The summed E-state index contributed by atoms with van der Waals surface area (Å²) in [6, 6.07) is 5.87. The summed E-state index contributed by atoms with van der Waals surface area (Å²) in [7, 11) is 0. The largest absolute Gasteiger partial charge is 0.383 e. The van der Waals surface area contributed by atoms with Crippen LogP contribution in [0, 0.1) is 17.2 Å². The van der Waals surface area contributed by atoms with E-state index in [0.717, 1.165) is 34.5 Å². The van der Waals surface area contributed by atoms with E-state index in [-0.39, 0.29) is 17.6 Å². The average molecular weight is 359 g/mol. The van der Waals surface area contributed by atoms with Gasteiger partial charge in [0.25, 0.3) is 0 Å². The molecule has 1 saturated carbocycles. The third-order valence-corrected chi connectivity index (χ3v) is 5.80. The number of fused-ring (bicyclic) bond motifs is 1. The molecule has 5 nitrogen and oxygen atoms in total. The Bertz CT molecular complexity index is 881. The van der Waals surface area contributed by atoms with Crippen LogP contribution in [0.3, 0.4) is 0 Å². The molecule has 0 saturated heterocycles. The summed E-state index contributed by atoms with van der Waals surface area (Å²) < 4.78 is 0.653. The van der Waals surface area contributed by atoms with Crippen LogP contribution in [0.25, 0.3) is 10.4 Å². The summed E-state index contributed by atoms with van der Waals surface area (Å²) in [6.07, 6.45) is 2.63. The van der Waals surface area contributed by atoms with Crippen molar-refractivity contribution in [2.75, 3.05) is 12.3 Å². The average Bonchev–Trinajstić information content (AvgIpc) is 3.34. The van der Waals surface area contributed by atoms with Gasteiger partial charge in [-0.25, -0.2) is 4.98 Å². The van der Waals surface area contributed by atoms with Crippen molar-refractivity contribution in [2.24, 2.45) is 5.92 Å². The Balaban J connectivity index is 1.84. The number of carbonyl (C=O) groups is 1. The summed E-state index contributed by atoms with van der Waals surface area (Å²) >= 11 is 7.49. The number of halogens is 1. The highest BCUT2D eigenvalue weighted by atomic mass is 35.5. The SMILES string of the molecule is N#Cc1c(N)nc2c(c1-c1ccc(Cl)s1)CN(C(=O)C1CC1)CC2. The summed E-state index contributed by atoms with van der Waals surface area (Å²) in [5.74, 6) is 0.646. The highest BCUT2D eigenvalue weighted by molar-refractivity contribution is 7.19. The number of anilines is 1. The van der Waals surface area contributed by atoms with Crippen LogP contribution in [0.4, 0.5) is 5.82 Å². The van der Waals surface area contributed by atoms with Gasteiger partial charge in [0.1, 0.15) is 17.5 Å². The van der Waals surface area contributed by atoms with Gasteiger partial charge >= 0.3 is 0 Å². The van der Waals surface area contributed by atoms with E-state index in [1.54, 1.807) is 0 Å². The van der Waals surface area contributed by atoms with Crippen molar-refractivity contribution >= 4 is 34.7 Å². The molecule has 122 valence electrons. The van der Waals surface area contributed by atoms with Gasteiger partial charge in [-0.1, -0.05) is 11.6 Å². The normalized spacial score (nSPS) is 16.6. The smallest absolute Gasteiger partial charge is 0.225 e. The molecule has 24 heavy (non-hydrogen) atoms. The maximum absolute atomic E-state index is 12.4. The molecule has 2 aromatic heterocycles. The van der Waals surface area contributed by atoms with Gasteiger partial charge in [0.05, 0.1) is 10.0 Å². The molecule has 0 radical (unpaired) electrons. The molecule has 1 fully saturated rings. The Hall–Kier alpha value is -2.10. The molecule has 1 amide bonds. The maximum Gasteiger partial charge on any atom is 0.225 e. The number of amides is 1. The number of thiophene rings is 1. The van der Waals surface area contributed by atoms with Gasteiger partial charge in [0, 0.05) is 41.4 Å². The van der Waals surface area contributed by atoms with Gasteiger partial charge in [-0.15, -0.1) is 11.3 Å². The lowest BCUT2D eigenvalue weighted by atomic mass is 9.94. The zero-order chi connectivity index (χ0) is 16.8. The number of hydrogen-bond donors (Lipinski definition) is 1. The molecule has 2 aromatic rings. The van der Waals surface area contributed by atoms with Crippen LogP contribution in [0.15, 0.2) is 12.1 Å². The second kappa shape index (κ2) is 5.76. The number of carbonyl (C=O) groups excluding carboxylic acids is 1. The van der Waals surface area contributed by atoms with Crippen LogP contribution in [-0.2, 0) is 17.8 Å². The second-order valence-electron chi connectivity index (χ2n) is 6.17. The highest BCUT2D eigenvalue weighted by Crippen LogP contribution is 2.40. The first kappa shape index (κ1) is 15.4. The quantitative estimate of drug-likeness (QED) is 0.893. The van der Waals surface area contributed by atoms with E-state index < -0.39 is 0 Å². The van der Waals surface area contributed by atoms with Crippen LogP contribution in [0.1, 0.15) is 29.7 Å². The zero-order valence-electron chi connectivity index (χ0n) is 12.9. The van der Waals surface area contributed by atoms with E-state index in [0.29, 0.717) is 29.4 Å². The number of nitrogens with two attached hydrogens (primary N) is 1. The van der Waals surface area contributed by atoms with Gasteiger partial charge in [-0.3, -0.25) is 4.79 Å². The summed E-state index contributed by atoms with van der Waals surface area (Å²) in [6.45, 7) is 1.14. The first-order valence-corrected chi connectivity index (χ1v) is 9.03. The van der Waals surface area contributed by atoms with E-state index >= 15 is 0 Å². The second-order valence-corrected chi connectivity index (χ2v) is 7.89. The number of rotatable bonds is 2. The van der Waals surface area contributed by atoms with Crippen molar-refractivity contribution in [2.45, 2.75) is 25.8 Å². The van der Waals surface area contributed by atoms with Crippen LogP contribution in [0.5, 0.6) is 0 Å². The number of hydrogen-bond acceptors (Lipinski definition) is 5. The van der Waals surface area contributed by atoms with Crippen LogP contribution in [-0.4, -0.2) is 22.3 Å². The van der Waals surface area contributed by atoms with E-state index in [2.05, 4.69) is 11.1 Å². The zero-order valence-corrected chi connectivity index (χ0v) is 14.5. The molecule has 0 bridgehead atoms. The molecule has 0 unspecified atom stereocenters. The third kappa shape index (κ3) is 2.54. The molecule has 0 spiro atoms. The topological polar surface area (TPSA) is 83.0 Å². The Kier molecular flexibility index (Phi) is 3.70. The lowest BCUT2D eigenvalue weighted by Crippen LogP contribution is -2.37. The number of nitrogen functional groups attached to an aromatic ring is 1. The predicted molar refractivity (Wildman–Crippen MR) is 93.5 cm³/mol. The fraction of sp³-hybridized carbons (Fsp3) is 0.353. The summed E-state index contributed by atoms with van der Waals surface area (Å²) in [5.41, 5.74) is 8.97. The van der Waals surface area contributed by atoms with E-state index in [4.69, 9.17) is 17.3 Å². The monoisotopic (exact) mass is 358 g/mol. The number of aromatic nitrogens is 1. The lowest BCUT2D eigenvalue weighted by molar-refractivity contribution is -0.133. The van der Waals surface area contributed by atoms with E-state index in [1.165, 1.54) is 11.3 Å². The van der Waals surface area contributed by atoms with Gasteiger partial charge in [0.2, 0.25) is 5.91 Å². The van der Waals surface area contributed by atoms with Crippen molar-refractivity contribution in [1.82, 2.24) is 9.88 Å². The van der Waals surface area contributed by atoms with Crippen molar-refractivity contribution < 1.29 is 4.79 Å². The van der Waals surface area contributed by atoms with E-state index in [1.807, 2.05) is 17.0 Å². The van der Waals surface area contributed by atoms with E-state index in [9.17, 15) is 10.1 Å². The Morgan fingerprint density at radius 1 is 1.46 bits per heavy atom. The van der Waals surface area contributed by atoms with Gasteiger partial charge in [-0.05, 0) is 25.0 Å². The van der Waals surface area contributed by atoms with Crippen LogP contribution in [0.2, 0.25) is 4.34 Å². The van der Waals surface area contributed by atoms with Gasteiger partial charge in [0.15, 0.2) is 0 Å². The van der Waals surface area contributed by atoms with Crippen LogP contribution >= 0.6 is 22.9 Å². The fourth-order valence-corrected chi connectivity index (χ4v) is 4.31. The molecule has 7 heteroatoms.